The molecule has 0 amide bonds. The Morgan fingerprint density at radius 3 is 2.86 bits per heavy atom. The number of rotatable bonds is 8. The largest absolute Gasteiger partial charge is 1.00 e. The average Bonchev–Trinajstić information content (AvgIpc) is 2.52. The predicted octanol–water partition coefficient (Wildman–Crippen LogP) is 1.19. The first-order valence-electron chi connectivity index (χ1n) is 8.53. The number of unbranched alkanes of at least 4 members (excludes halogenated alkanes) is 3. The Hall–Kier alpha value is 0.476. The maximum Gasteiger partial charge on any atom is 1.00 e. The van der Waals surface area contributed by atoms with E-state index in [1.54, 1.807) is 0 Å². The minimum absolute atomic E-state index is 0. The third-order valence-electron chi connectivity index (χ3n) is 4.26. The first-order valence-corrected chi connectivity index (χ1v) is 8.53. The molecule has 2 heterocycles. The van der Waals surface area contributed by atoms with Gasteiger partial charge in [-0.3, -0.25) is 0 Å². The second kappa shape index (κ2) is 11.9. The summed E-state index contributed by atoms with van der Waals surface area (Å²) >= 11 is 0. The summed E-state index contributed by atoms with van der Waals surface area (Å²) in [4.78, 5) is 9.02. The molecule has 1 aromatic heterocycles. The molecule has 118 valence electrons. The molecule has 0 saturated carbocycles. The van der Waals surface area contributed by atoms with Crippen molar-refractivity contribution < 1.29 is 51.4 Å². The molecular weight excluding hydrogens is 299 g/mol. The molecule has 5 heteroatoms. The summed E-state index contributed by atoms with van der Waals surface area (Å²) in [7, 11) is 0. The Morgan fingerprint density at radius 2 is 2.09 bits per heavy atom. The number of nitrogens with zero attached hydrogens (tertiary/aromatic N) is 3. The van der Waals surface area contributed by atoms with Gasteiger partial charge in [0.15, 0.2) is 0 Å². The minimum Gasteiger partial charge on any atom is -0.660 e. The molecule has 22 heavy (non-hydrogen) atoms. The van der Waals surface area contributed by atoms with E-state index in [-0.39, 0.29) is 51.4 Å². The van der Waals surface area contributed by atoms with Crippen molar-refractivity contribution in [3.8, 4) is 0 Å². The molecule has 2 unspecified atom stereocenters. The van der Waals surface area contributed by atoms with Gasteiger partial charge in [0, 0.05) is 17.9 Å². The van der Waals surface area contributed by atoms with Gasteiger partial charge in [-0.1, -0.05) is 45.4 Å². The summed E-state index contributed by atoms with van der Waals surface area (Å²) in [6.45, 7) is 6.40. The van der Waals surface area contributed by atoms with Crippen molar-refractivity contribution in [1.29, 1.82) is 0 Å². The average molecular weight is 329 g/mol. The molecule has 1 aliphatic heterocycles. The van der Waals surface area contributed by atoms with Gasteiger partial charge in [0.25, 0.3) is 0 Å². The van der Waals surface area contributed by atoms with Crippen LogP contribution in [-0.4, -0.2) is 29.1 Å². The summed E-state index contributed by atoms with van der Waals surface area (Å²) in [5.74, 6) is 1.49. The van der Waals surface area contributed by atoms with Crippen LogP contribution in [0.3, 0.4) is 0 Å². The van der Waals surface area contributed by atoms with Crippen LogP contribution in [0.2, 0.25) is 0 Å². The van der Waals surface area contributed by atoms with E-state index in [1.807, 2.05) is 12.3 Å². The van der Waals surface area contributed by atoms with Crippen molar-refractivity contribution in [2.24, 2.45) is 5.92 Å². The maximum absolute atomic E-state index is 4.65. The number of anilines is 1. The summed E-state index contributed by atoms with van der Waals surface area (Å²) < 4.78 is 0. The minimum atomic E-state index is 0. The van der Waals surface area contributed by atoms with E-state index < -0.39 is 0 Å². The summed E-state index contributed by atoms with van der Waals surface area (Å²) in [5, 5.41) is 8.05. The molecule has 0 aromatic carbocycles. The van der Waals surface area contributed by atoms with E-state index in [1.165, 1.54) is 38.5 Å². The summed E-state index contributed by atoms with van der Waals surface area (Å²) in [6, 6.07) is 2.44. The number of hydrogen-bond donors (Lipinski definition) is 1. The molecule has 1 aromatic rings. The molecule has 2 atom stereocenters. The van der Waals surface area contributed by atoms with Gasteiger partial charge in [0.2, 0.25) is 5.95 Å². The zero-order valence-electron chi connectivity index (χ0n) is 14.5. The second-order valence-electron chi connectivity index (χ2n) is 6.12. The van der Waals surface area contributed by atoms with E-state index in [0.717, 1.165) is 31.2 Å². The third-order valence-corrected chi connectivity index (χ3v) is 4.26. The molecule has 4 nitrogen and oxygen atoms in total. The number of hydrogen-bond acceptors (Lipinski definition) is 3. The van der Waals surface area contributed by atoms with Crippen molar-refractivity contribution in [2.45, 2.75) is 64.8 Å². The molecule has 1 fully saturated rings. The van der Waals surface area contributed by atoms with Crippen LogP contribution in [0, 0.1) is 5.92 Å². The smallest absolute Gasteiger partial charge is 0.660 e. The van der Waals surface area contributed by atoms with E-state index in [2.05, 4.69) is 34.4 Å². The van der Waals surface area contributed by atoms with Crippen molar-refractivity contribution in [3.05, 3.63) is 23.3 Å². The fourth-order valence-electron chi connectivity index (χ4n) is 2.89. The van der Waals surface area contributed by atoms with E-state index >= 15 is 0 Å². The Balaban J connectivity index is 0.00000242. The van der Waals surface area contributed by atoms with Gasteiger partial charge in [-0.15, -0.1) is 13.1 Å². The van der Waals surface area contributed by atoms with Gasteiger partial charge >= 0.3 is 51.4 Å². The molecule has 0 aliphatic carbocycles. The topological polar surface area (TPSA) is 51.9 Å². The zero-order chi connectivity index (χ0) is 14.9. The van der Waals surface area contributed by atoms with Crippen LogP contribution < -0.4 is 56.7 Å². The normalized spacial score (nSPS) is 21.2. The van der Waals surface area contributed by atoms with Crippen LogP contribution in [0.1, 0.15) is 58.1 Å². The Labute approximate surface area is 178 Å². The van der Waals surface area contributed by atoms with Crippen molar-refractivity contribution in [3.63, 3.8) is 0 Å². The number of aryl methyl sites for hydroxylation is 1. The summed E-state index contributed by atoms with van der Waals surface area (Å²) in [6.07, 6.45) is 10.4. The van der Waals surface area contributed by atoms with Gasteiger partial charge in [-0.05, 0) is 25.3 Å². The third kappa shape index (κ3) is 7.36. The number of nitrogens with one attached hydrogen (secondary N) is 1. The maximum atomic E-state index is 4.65. The van der Waals surface area contributed by atoms with Gasteiger partial charge < -0.3 is 10.6 Å². The van der Waals surface area contributed by atoms with Gasteiger partial charge in [-0.25, -0.2) is 9.97 Å². The van der Waals surface area contributed by atoms with Crippen LogP contribution in [0.25, 0.3) is 5.32 Å². The van der Waals surface area contributed by atoms with Crippen LogP contribution in [0.4, 0.5) is 5.95 Å². The van der Waals surface area contributed by atoms with E-state index in [0.29, 0.717) is 12.0 Å². The quantitative estimate of drug-likeness (QED) is 0.576. The van der Waals surface area contributed by atoms with Gasteiger partial charge in [0.05, 0.1) is 0 Å². The van der Waals surface area contributed by atoms with Crippen LogP contribution in [-0.2, 0) is 6.42 Å². The van der Waals surface area contributed by atoms with Gasteiger partial charge in [-0.2, -0.15) is 0 Å². The SMILES string of the molecule is CCCCCCc1ccnc(NC2C[N-]CC(CC)C2)n1.[K+]. The molecule has 1 N–H and O–H groups in total. The molecule has 0 bridgehead atoms. The second-order valence-corrected chi connectivity index (χ2v) is 6.12. The van der Waals surface area contributed by atoms with Gasteiger partial charge in [0.1, 0.15) is 0 Å². The van der Waals surface area contributed by atoms with Crippen LogP contribution in [0.15, 0.2) is 12.3 Å². The molecule has 2 rings (SSSR count). The standard InChI is InChI=1S/C17H29N4.K/c1-3-5-6-7-8-15-9-10-19-17(20-15)21-16-11-14(4-2)12-18-13-16;/h9-10,14,16H,3-8,11-13H2,1-2H3,(H,19,20,21);/q-1;+1. The monoisotopic (exact) mass is 328 g/mol. The zero-order valence-corrected chi connectivity index (χ0v) is 17.6. The van der Waals surface area contributed by atoms with Crippen molar-refractivity contribution in [2.75, 3.05) is 18.4 Å². The first kappa shape index (κ1) is 20.5. The van der Waals surface area contributed by atoms with E-state index in [9.17, 15) is 0 Å². The molecule has 0 spiro atoms. The Bertz CT molecular complexity index is 413. The predicted molar refractivity (Wildman–Crippen MR) is 88.8 cm³/mol. The molecule has 1 aliphatic rings. The molecule has 0 radical (unpaired) electrons. The van der Waals surface area contributed by atoms with E-state index in [4.69, 9.17) is 0 Å². The fourth-order valence-corrected chi connectivity index (χ4v) is 2.89. The summed E-state index contributed by atoms with van der Waals surface area (Å²) in [5.41, 5.74) is 1.16. The van der Waals surface area contributed by atoms with Crippen LogP contribution >= 0.6 is 0 Å². The molecule has 1 saturated heterocycles. The number of aromatic nitrogens is 2. The fraction of sp³-hybridized carbons (Fsp3) is 0.765. The van der Waals surface area contributed by atoms with Crippen LogP contribution in [0.5, 0.6) is 0 Å². The Morgan fingerprint density at radius 1 is 1.23 bits per heavy atom. The van der Waals surface area contributed by atoms with Crippen molar-refractivity contribution in [1.82, 2.24) is 9.97 Å². The number of piperidine rings is 1. The van der Waals surface area contributed by atoms with Crippen molar-refractivity contribution >= 4 is 5.95 Å². The molecular formula is C17H29KN4. The first-order chi connectivity index (χ1) is 10.3. The Kier molecular flexibility index (Phi) is 11.1.